The zero-order valence-corrected chi connectivity index (χ0v) is 15.9. The lowest BCUT2D eigenvalue weighted by molar-refractivity contribution is -0.885. The van der Waals surface area contributed by atoms with Crippen molar-refractivity contribution in [2.45, 2.75) is 6.54 Å². The first-order valence-corrected chi connectivity index (χ1v) is 8.71. The third-order valence-corrected chi connectivity index (χ3v) is 4.01. The van der Waals surface area contributed by atoms with Crippen LogP contribution in [0, 0.1) is 5.82 Å². The van der Waals surface area contributed by atoms with Crippen LogP contribution in [0.2, 0.25) is 5.02 Å². The van der Waals surface area contributed by atoms with Crippen molar-refractivity contribution in [3.05, 3.63) is 58.9 Å². The second-order valence-corrected chi connectivity index (χ2v) is 6.54. The van der Waals surface area contributed by atoms with Gasteiger partial charge in [-0.3, -0.25) is 9.59 Å². The third-order valence-electron chi connectivity index (χ3n) is 3.77. The van der Waals surface area contributed by atoms with Crippen molar-refractivity contribution in [3.8, 4) is 5.75 Å². The molecular formula is C19H22ClFN3O3+. The number of hydrogen-bond donors (Lipinski definition) is 3. The van der Waals surface area contributed by atoms with E-state index in [0.29, 0.717) is 23.0 Å². The van der Waals surface area contributed by atoms with E-state index in [1.54, 1.807) is 25.3 Å². The van der Waals surface area contributed by atoms with E-state index in [4.69, 9.17) is 16.3 Å². The molecular weight excluding hydrogens is 373 g/mol. The fourth-order valence-electron chi connectivity index (χ4n) is 2.53. The Kier molecular flexibility index (Phi) is 7.57. The fraction of sp³-hybridized carbons (Fsp3) is 0.263. The van der Waals surface area contributed by atoms with E-state index in [1.165, 1.54) is 24.3 Å². The van der Waals surface area contributed by atoms with Gasteiger partial charge in [0.25, 0.3) is 5.91 Å². The van der Waals surface area contributed by atoms with Crippen LogP contribution in [0.25, 0.3) is 0 Å². The Morgan fingerprint density at radius 3 is 2.52 bits per heavy atom. The smallest absolute Gasteiger partial charge is 0.275 e. The molecule has 0 bridgehead atoms. The molecule has 6 nitrogen and oxygen atoms in total. The molecule has 0 heterocycles. The first-order chi connectivity index (χ1) is 12.9. The molecule has 1 atom stereocenters. The number of amides is 2. The van der Waals surface area contributed by atoms with E-state index in [0.717, 1.165) is 10.5 Å². The van der Waals surface area contributed by atoms with E-state index in [-0.39, 0.29) is 30.7 Å². The maximum atomic E-state index is 12.8. The second-order valence-electron chi connectivity index (χ2n) is 6.10. The molecule has 0 aliphatic carbocycles. The first kappa shape index (κ1) is 20.7. The van der Waals surface area contributed by atoms with Gasteiger partial charge in [-0.05, 0) is 42.5 Å². The molecule has 0 aromatic heterocycles. The molecule has 3 N–H and O–H groups in total. The minimum Gasteiger partial charge on any atom is -0.496 e. The van der Waals surface area contributed by atoms with Crippen LogP contribution in [0.3, 0.4) is 0 Å². The van der Waals surface area contributed by atoms with Gasteiger partial charge in [-0.2, -0.15) is 0 Å². The summed E-state index contributed by atoms with van der Waals surface area (Å²) in [6.45, 7) is 0.558. The zero-order chi connectivity index (χ0) is 19.8. The van der Waals surface area contributed by atoms with Gasteiger partial charge in [0.2, 0.25) is 5.91 Å². The van der Waals surface area contributed by atoms with Crippen molar-refractivity contribution >= 4 is 29.1 Å². The molecule has 0 fully saturated rings. The number of hydrogen-bond acceptors (Lipinski definition) is 3. The Bertz CT molecular complexity index is 799. The van der Waals surface area contributed by atoms with Gasteiger partial charge in [-0.1, -0.05) is 11.6 Å². The van der Waals surface area contributed by atoms with Crippen LogP contribution >= 0.6 is 11.6 Å². The normalized spacial score (nSPS) is 11.6. The number of quaternary nitrogens is 1. The van der Waals surface area contributed by atoms with Crippen LogP contribution in [0.15, 0.2) is 42.5 Å². The van der Waals surface area contributed by atoms with Crippen molar-refractivity contribution < 1.29 is 23.6 Å². The van der Waals surface area contributed by atoms with E-state index >= 15 is 0 Å². The van der Waals surface area contributed by atoms with Crippen molar-refractivity contribution in [3.63, 3.8) is 0 Å². The third kappa shape index (κ3) is 6.88. The average Bonchev–Trinajstić information content (AvgIpc) is 2.62. The summed E-state index contributed by atoms with van der Waals surface area (Å²) in [5.41, 5.74) is 1.36. The Labute approximate surface area is 162 Å². The van der Waals surface area contributed by atoms with Crippen molar-refractivity contribution in [2.75, 3.05) is 32.6 Å². The summed E-state index contributed by atoms with van der Waals surface area (Å²) in [6, 6.07) is 10.7. The minimum atomic E-state index is -0.386. The Hall–Kier alpha value is -2.64. The quantitative estimate of drug-likeness (QED) is 0.631. The maximum absolute atomic E-state index is 12.8. The highest BCUT2D eigenvalue weighted by atomic mass is 35.5. The number of rotatable bonds is 8. The lowest BCUT2D eigenvalue weighted by atomic mass is 10.2. The van der Waals surface area contributed by atoms with Gasteiger partial charge in [-0.15, -0.1) is 0 Å². The molecule has 0 spiro atoms. The van der Waals surface area contributed by atoms with Crippen LogP contribution < -0.4 is 20.3 Å². The number of carbonyl (C=O) groups excluding carboxylic acids is 2. The molecule has 2 amide bonds. The molecule has 0 radical (unpaired) electrons. The first-order valence-electron chi connectivity index (χ1n) is 8.33. The summed E-state index contributed by atoms with van der Waals surface area (Å²) in [4.78, 5) is 24.8. The highest BCUT2D eigenvalue weighted by Crippen LogP contribution is 2.21. The van der Waals surface area contributed by atoms with Crippen LogP contribution in [0.5, 0.6) is 5.75 Å². The number of nitrogens with one attached hydrogen (secondary N) is 3. The summed E-state index contributed by atoms with van der Waals surface area (Å²) in [7, 11) is 3.44. The number of methoxy groups -OCH3 is 1. The highest BCUT2D eigenvalue weighted by molar-refractivity contribution is 6.30. The molecule has 27 heavy (non-hydrogen) atoms. The van der Waals surface area contributed by atoms with Crippen molar-refractivity contribution in [1.29, 1.82) is 0 Å². The molecule has 0 saturated carbocycles. The van der Waals surface area contributed by atoms with E-state index in [1.807, 2.05) is 7.05 Å². The summed E-state index contributed by atoms with van der Waals surface area (Å²) in [5, 5.41) is 5.75. The van der Waals surface area contributed by atoms with Crippen molar-refractivity contribution in [1.82, 2.24) is 5.32 Å². The largest absolute Gasteiger partial charge is 0.496 e. The molecule has 0 saturated heterocycles. The molecule has 2 rings (SSSR count). The van der Waals surface area contributed by atoms with E-state index < -0.39 is 0 Å². The molecule has 0 aliphatic heterocycles. The predicted octanol–water partition coefficient (Wildman–Crippen LogP) is 1.26. The highest BCUT2D eigenvalue weighted by Gasteiger charge is 2.14. The summed E-state index contributed by atoms with van der Waals surface area (Å²) in [6.07, 6.45) is 0. The Balaban J connectivity index is 1.78. The number of ether oxygens (including phenoxy) is 1. The monoisotopic (exact) mass is 394 g/mol. The second kappa shape index (κ2) is 9.89. The zero-order valence-electron chi connectivity index (χ0n) is 15.1. The fourth-order valence-corrected chi connectivity index (χ4v) is 2.72. The summed E-state index contributed by atoms with van der Waals surface area (Å²) >= 11 is 6.01. The maximum Gasteiger partial charge on any atom is 0.275 e. The lowest BCUT2D eigenvalue weighted by Gasteiger charge is -2.16. The van der Waals surface area contributed by atoms with Gasteiger partial charge in [0.05, 0.1) is 20.7 Å². The molecule has 1 unspecified atom stereocenters. The van der Waals surface area contributed by atoms with Crippen LogP contribution in [-0.4, -0.2) is 39.1 Å². The van der Waals surface area contributed by atoms with Gasteiger partial charge >= 0.3 is 0 Å². The number of benzene rings is 2. The summed E-state index contributed by atoms with van der Waals surface area (Å²) < 4.78 is 18.1. The number of anilines is 1. The average molecular weight is 395 g/mol. The van der Waals surface area contributed by atoms with Crippen LogP contribution in [0.4, 0.5) is 10.1 Å². The molecule has 2 aromatic carbocycles. The van der Waals surface area contributed by atoms with Crippen LogP contribution in [0.1, 0.15) is 5.56 Å². The van der Waals surface area contributed by atoms with E-state index in [2.05, 4.69) is 10.6 Å². The molecule has 144 valence electrons. The Morgan fingerprint density at radius 2 is 1.85 bits per heavy atom. The van der Waals surface area contributed by atoms with Crippen molar-refractivity contribution in [2.24, 2.45) is 0 Å². The standard InChI is InChI=1S/C19H21ClFN3O3/c1-24(11-13-9-14(20)3-8-17(13)27-2)12-19(26)22-10-18(25)23-16-6-4-15(21)5-7-16/h3-9H,10-12H2,1-2H3,(H,22,26)(H,23,25)/p+1. The predicted molar refractivity (Wildman–Crippen MR) is 102 cm³/mol. The SMILES string of the molecule is COc1ccc(Cl)cc1C[NH+](C)CC(=O)NCC(=O)Nc1ccc(F)cc1. The lowest BCUT2D eigenvalue weighted by Crippen LogP contribution is -3.08. The number of likely N-dealkylation sites (N-methyl/N-ethyl adjacent to an activating group) is 1. The van der Waals surface area contributed by atoms with E-state index in [9.17, 15) is 14.0 Å². The molecule has 2 aromatic rings. The van der Waals surface area contributed by atoms with Gasteiger partial charge in [-0.25, -0.2) is 4.39 Å². The Morgan fingerprint density at radius 1 is 1.15 bits per heavy atom. The molecule has 8 heteroatoms. The topological polar surface area (TPSA) is 71.9 Å². The number of carbonyl (C=O) groups is 2. The number of halogens is 2. The van der Waals surface area contributed by atoms with Gasteiger partial charge in [0.1, 0.15) is 18.1 Å². The minimum absolute atomic E-state index is 0.163. The summed E-state index contributed by atoms with van der Waals surface area (Å²) in [5.74, 6) is -0.326. The van der Waals surface area contributed by atoms with Gasteiger partial charge < -0.3 is 20.3 Å². The molecule has 0 aliphatic rings. The van der Waals surface area contributed by atoms with Gasteiger partial charge in [0, 0.05) is 16.3 Å². The van der Waals surface area contributed by atoms with Crippen LogP contribution in [-0.2, 0) is 16.1 Å². The van der Waals surface area contributed by atoms with Gasteiger partial charge in [0.15, 0.2) is 6.54 Å².